The molecule has 1 aromatic heterocycles. The Morgan fingerprint density at radius 3 is 2.68 bits per heavy atom. The number of rotatable bonds is 4. The number of nitrogen functional groups attached to an aromatic ring is 1. The van der Waals surface area contributed by atoms with E-state index in [1.54, 1.807) is 4.68 Å². The van der Waals surface area contributed by atoms with E-state index in [0.717, 1.165) is 17.1 Å². The number of nitrogens with one attached hydrogen (secondary N) is 1. The fraction of sp³-hybridized carbons (Fsp3) is 0.231. The summed E-state index contributed by atoms with van der Waals surface area (Å²) < 4.78 is 7.06. The molecule has 2 rings (SSSR count). The molecule has 0 fully saturated rings. The maximum Gasteiger partial charge on any atom is 0.268 e. The third kappa shape index (κ3) is 2.58. The molecule has 0 saturated heterocycles. The minimum Gasteiger partial charge on any atom is -0.494 e. The van der Waals surface area contributed by atoms with Crippen LogP contribution in [0.25, 0.3) is 5.69 Å². The molecular weight excluding hydrogens is 244 g/mol. The standard InChI is InChI=1S/C13H16N4O2/c1-3-19-11-6-4-10(5-7-11)17-9(2)12(8-15-17)13(18)16-14/h4-8H,3,14H2,1-2H3,(H,16,18). The molecule has 0 radical (unpaired) electrons. The average molecular weight is 260 g/mol. The maximum absolute atomic E-state index is 11.5. The Balaban J connectivity index is 2.32. The first-order valence-corrected chi connectivity index (χ1v) is 5.96. The molecule has 0 atom stereocenters. The van der Waals surface area contributed by atoms with Gasteiger partial charge in [-0.25, -0.2) is 10.5 Å². The second-order valence-electron chi connectivity index (χ2n) is 3.96. The molecule has 1 aromatic carbocycles. The molecular formula is C13H16N4O2. The highest BCUT2D eigenvalue weighted by atomic mass is 16.5. The van der Waals surface area contributed by atoms with E-state index < -0.39 is 0 Å². The number of hydrogen-bond acceptors (Lipinski definition) is 4. The molecule has 0 saturated carbocycles. The van der Waals surface area contributed by atoms with E-state index >= 15 is 0 Å². The van der Waals surface area contributed by atoms with Crippen LogP contribution < -0.4 is 16.0 Å². The minimum atomic E-state index is -0.352. The Morgan fingerprint density at radius 2 is 2.11 bits per heavy atom. The number of amides is 1. The molecule has 2 aromatic rings. The number of hydrazine groups is 1. The maximum atomic E-state index is 11.5. The molecule has 6 heteroatoms. The van der Waals surface area contributed by atoms with Crippen molar-refractivity contribution in [3.05, 3.63) is 41.7 Å². The van der Waals surface area contributed by atoms with Gasteiger partial charge in [-0.05, 0) is 38.1 Å². The lowest BCUT2D eigenvalue weighted by Gasteiger charge is -2.07. The number of nitrogens with zero attached hydrogens (tertiary/aromatic N) is 2. The predicted molar refractivity (Wildman–Crippen MR) is 71.1 cm³/mol. The Labute approximate surface area is 111 Å². The van der Waals surface area contributed by atoms with Crippen molar-refractivity contribution < 1.29 is 9.53 Å². The lowest BCUT2D eigenvalue weighted by atomic mass is 10.2. The molecule has 0 aliphatic rings. The number of nitrogens with two attached hydrogens (primary N) is 1. The van der Waals surface area contributed by atoms with Crippen molar-refractivity contribution in [2.24, 2.45) is 5.84 Å². The Hall–Kier alpha value is -2.34. The van der Waals surface area contributed by atoms with Gasteiger partial charge >= 0.3 is 0 Å². The summed E-state index contributed by atoms with van der Waals surface area (Å²) in [4.78, 5) is 11.5. The quantitative estimate of drug-likeness (QED) is 0.491. The first-order chi connectivity index (χ1) is 9.17. The van der Waals surface area contributed by atoms with E-state index in [9.17, 15) is 4.79 Å². The summed E-state index contributed by atoms with van der Waals surface area (Å²) in [6, 6.07) is 7.50. The second kappa shape index (κ2) is 5.53. The summed E-state index contributed by atoms with van der Waals surface area (Å²) >= 11 is 0. The second-order valence-corrected chi connectivity index (χ2v) is 3.96. The van der Waals surface area contributed by atoms with Gasteiger partial charge in [0.15, 0.2) is 0 Å². The Morgan fingerprint density at radius 1 is 1.42 bits per heavy atom. The number of ether oxygens (including phenoxy) is 1. The van der Waals surface area contributed by atoms with Crippen molar-refractivity contribution >= 4 is 5.91 Å². The van der Waals surface area contributed by atoms with Gasteiger partial charge in [0, 0.05) is 0 Å². The molecule has 1 amide bonds. The van der Waals surface area contributed by atoms with Crippen LogP contribution in [0.1, 0.15) is 23.0 Å². The number of aromatic nitrogens is 2. The fourth-order valence-corrected chi connectivity index (χ4v) is 1.82. The topological polar surface area (TPSA) is 82.2 Å². The summed E-state index contributed by atoms with van der Waals surface area (Å²) in [7, 11) is 0. The Kier molecular flexibility index (Phi) is 3.82. The highest BCUT2D eigenvalue weighted by Gasteiger charge is 2.13. The minimum absolute atomic E-state index is 0.352. The largest absolute Gasteiger partial charge is 0.494 e. The molecule has 0 bridgehead atoms. The molecule has 1 heterocycles. The predicted octanol–water partition coefficient (Wildman–Crippen LogP) is 1.18. The van der Waals surface area contributed by atoms with Crippen molar-refractivity contribution in [1.29, 1.82) is 0 Å². The van der Waals surface area contributed by atoms with Crippen molar-refractivity contribution in [2.45, 2.75) is 13.8 Å². The zero-order chi connectivity index (χ0) is 13.8. The SMILES string of the molecule is CCOc1ccc(-n2ncc(C(=O)NN)c2C)cc1. The first kappa shape index (κ1) is 13.1. The number of carbonyl (C=O) groups excluding carboxylic acids is 1. The number of hydrogen-bond donors (Lipinski definition) is 2. The summed E-state index contributed by atoms with van der Waals surface area (Å²) in [6.45, 7) is 4.37. The molecule has 19 heavy (non-hydrogen) atoms. The molecule has 0 unspecified atom stereocenters. The lowest BCUT2D eigenvalue weighted by molar-refractivity contribution is 0.0953. The highest BCUT2D eigenvalue weighted by molar-refractivity contribution is 5.94. The zero-order valence-electron chi connectivity index (χ0n) is 10.9. The monoisotopic (exact) mass is 260 g/mol. The van der Waals surface area contributed by atoms with E-state index in [0.29, 0.717) is 12.2 Å². The van der Waals surface area contributed by atoms with Gasteiger partial charge in [0.25, 0.3) is 5.91 Å². The third-order valence-electron chi connectivity index (χ3n) is 2.78. The summed E-state index contributed by atoms with van der Waals surface area (Å²) in [6.07, 6.45) is 1.49. The van der Waals surface area contributed by atoms with Crippen LogP contribution in [0.4, 0.5) is 0 Å². The molecule has 3 N–H and O–H groups in total. The smallest absolute Gasteiger partial charge is 0.268 e. The van der Waals surface area contributed by atoms with Crippen molar-refractivity contribution in [3.8, 4) is 11.4 Å². The van der Waals surface area contributed by atoms with E-state index in [1.165, 1.54) is 6.20 Å². The van der Waals surface area contributed by atoms with Gasteiger partial charge < -0.3 is 4.74 Å². The van der Waals surface area contributed by atoms with Gasteiger partial charge in [0.05, 0.1) is 29.7 Å². The van der Waals surface area contributed by atoms with E-state index in [4.69, 9.17) is 10.6 Å². The molecule has 0 aliphatic carbocycles. The summed E-state index contributed by atoms with van der Waals surface area (Å²) in [5, 5.41) is 4.19. The van der Waals surface area contributed by atoms with Crippen molar-refractivity contribution in [3.63, 3.8) is 0 Å². The van der Waals surface area contributed by atoms with E-state index in [-0.39, 0.29) is 5.91 Å². The summed E-state index contributed by atoms with van der Waals surface area (Å²) in [5.74, 6) is 5.57. The Bertz CT molecular complexity index is 575. The fourth-order valence-electron chi connectivity index (χ4n) is 1.82. The molecule has 0 spiro atoms. The van der Waals surface area contributed by atoms with Gasteiger partial charge in [-0.2, -0.15) is 5.10 Å². The van der Waals surface area contributed by atoms with Crippen LogP contribution in [0.15, 0.2) is 30.5 Å². The van der Waals surface area contributed by atoms with Gasteiger partial charge in [0.1, 0.15) is 5.75 Å². The lowest BCUT2D eigenvalue weighted by Crippen LogP contribution is -2.30. The van der Waals surface area contributed by atoms with Crippen molar-refractivity contribution in [1.82, 2.24) is 15.2 Å². The third-order valence-corrected chi connectivity index (χ3v) is 2.78. The van der Waals surface area contributed by atoms with Crippen molar-refractivity contribution in [2.75, 3.05) is 6.61 Å². The van der Waals surface area contributed by atoms with Gasteiger partial charge in [-0.3, -0.25) is 10.2 Å². The van der Waals surface area contributed by atoms with Gasteiger partial charge in [-0.1, -0.05) is 0 Å². The van der Waals surface area contributed by atoms with Crippen LogP contribution in [0, 0.1) is 6.92 Å². The first-order valence-electron chi connectivity index (χ1n) is 5.96. The number of benzene rings is 1. The van der Waals surface area contributed by atoms with Crippen LogP contribution in [-0.4, -0.2) is 22.3 Å². The molecule has 100 valence electrons. The van der Waals surface area contributed by atoms with E-state index in [2.05, 4.69) is 10.5 Å². The normalized spacial score (nSPS) is 10.3. The average Bonchev–Trinajstić information content (AvgIpc) is 2.81. The highest BCUT2D eigenvalue weighted by Crippen LogP contribution is 2.18. The van der Waals surface area contributed by atoms with Crippen LogP contribution in [-0.2, 0) is 0 Å². The molecule has 6 nitrogen and oxygen atoms in total. The number of carbonyl (C=O) groups is 1. The zero-order valence-corrected chi connectivity index (χ0v) is 10.9. The van der Waals surface area contributed by atoms with Gasteiger partial charge in [-0.15, -0.1) is 0 Å². The van der Waals surface area contributed by atoms with Crippen LogP contribution >= 0.6 is 0 Å². The van der Waals surface area contributed by atoms with Crippen LogP contribution in [0.3, 0.4) is 0 Å². The van der Waals surface area contributed by atoms with E-state index in [1.807, 2.05) is 38.1 Å². The van der Waals surface area contributed by atoms with Crippen LogP contribution in [0.2, 0.25) is 0 Å². The molecule has 0 aliphatic heterocycles. The van der Waals surface area contributed by atoms with Gasteiger partial charge in [0.2, 0.25) is 0 Å². The summed E-state index contributed by atoms with van der Waals surface area (Å²) in [5.41, 5.74) is 4.14. The van der Waals surface area contributed by atoms with Crippen LogP contribution in [0.5, 0.6) is 5.75 Å².